The molecule has 0 radical (unpaired) electrons. The van der Waals surface area contributed by atoms with Crippen molar-refractivity contribution >= 4 is 15.9 Å². The lowest BCUT2D eigenvalue weighted by molar-refractivity contribution is -0.123. The van der Waals surface area contributed by atoms with Gasteiger partial charge in [-0.3, -0.25) is 9.63 Å². The van der Waals surface area contributed by atoms with Gasteiger partial charge in [-0.2, -0.15) is 5.26 Å². The highest BCUT2D eigenvalue weighted by molar-refractivity contribution is 7.89. The van der Waals surface area contributed by atoms with Crippen molar-refractivity contribution in [1.82, 2.24) is 4.89 Å². The van der Waals surface area contributed by atoms with Gasteiger partial charge in [0.1, 0.15) is 6.61 Å². The van der Waals surface area contributed by atoms with E-state index in [0.717, 1.165) is 0 Å². The molecule has 0 aliphatic carbocycles. The van der Waals surface area contributed by atoms with E-state index in [2.05, 4.69) is 4.84 Å². The van der Waals surface area contributed by atoms with Gasteiger partial charge in [-0.25, -0.2) is 8.42 Å². The molecular weight excluding hydrogens is 258 g/mol. The Hall–Kier alpha value is -1.95. The average molecular weight is 269 g/mol. The van der Waals surface area contributed by atoms with Crippen LogP contribution in [0, 0.1) is 18.3 Å². The normalized spacial score (nSPS) is 10.9. The fraction of sp³-hybridized carbons (Fsp3) is 0.200. The molecule has 0 heterocycles. The number of benzene rings is 1. The number of aryl methyl sites for hydroxylation is 1. The number of primary amides is 1. The number of nitriles is 1. The predicted octanol–water partition coefficient (Wildman–Crippen LogP) is -0.438. The predicted molar refractivity (Wildman–Crippen MR) is 61.4 cm³/mol. The molecule has 0 aliphatic rings. The highest BCUT2D eigenvalue weighted by Gasteiger charge is 2.17. The molecule has 1 rings (SSSR count). The summed E-state index contributed by atoms with van der Waals surface area (Å²) in [6, 6.07) is 5.98. The van der Waals surface area contributed by atoms with Crippen LogP contribution in [0.15, 0.2) is 23.1 Å². The summed E-state index contributed by atoms with van der Waals surface area (Å²) < 4.78 is 23.5. The maximum Gasteiger partial charge on any atom is 0.262 e. The Bertz CT molecular complexity index is 604. The number of carbonyl (C=O) groups is 1. The largest absolute Gasteiger partial charge is 0.368 e. The van der Waals surface area contributed by atoms with Gasteiger partial charge in [0.25, 0.3) is 10.0 Å². The van der Waals surface area contributed by atoms with Crippen LogP contribution in [0.5, 0.6) is 0 Å². The van der Waals surface area contributed by atoms with Gasteiger partial charge in [-0.05, 0) is 30.7 Å². The summed E-state index contributed by atoms with van der Waals surface area (Å²) in [5.74, 6) is -0.797. The van der Waals surface area contributed by atoms with Gasteiger partial charge < -0.3 is 5.73 Å². The van der Waals surface area contributed by atoms with E-state index in [1.165, 1.54) is 18.2 Å². The molecule has 0 aromatic heterocycles. The molecule has 18 heavy (non-hydrogen) atoms. The maximum atomic E-state index is 11.8. The Kier molecular flexibility index (Phi) is 4.38. The zero-order valence-corrected chi connectivity index (χ0v) is 10.3. The first-order valence-electron chi connectivity index (χ1n) is 4.79. The first kappa shape index (κ1) is 14.1. The first-order valence-corrected chi connectivity index (χ1v) is 6.28. The van der Waals surface area contributed by atoms with E-state index >= 15 is 0 Å². The van der Waals surface area contributed by atoms with E-state index < -0.39 is 22.5 Å². The molecule has 0 spiro atoms. The molecular formula is C10H11N3O4S. The molecule has 0 saturated carbocycles. The van der Waals surface area contributed by atoms with E-state index in [1.807, 2.05) is 6.07 Å². The smallest absolute Gasteiger partial charge is 0.262 e. The quantitative estimate of drug-likeness (QED) is 0.702. The van der Waals surface area contributed by atoms with Crippen molar-refractivity contribution in [2.45, 2.75) is 11.8 Å². The van der Waals surface area contributed by atoms with Gasteiger partial charge in [-0.15, -0.1) is 0 Å². The summed E-state index contributed by atoms with van der Waals surface area (Å²) in [5, 5.41) is 8.67. The van der Waals surface area contributed by atoms with E-state index in [0.29, 0.717) is 11.1 Å². The number of nitrogens with two attached hydrogens (primary N) is 1. The molecule has 96 valence electrons. The van der Waals surface area contributed by atoms with Gasteiger partial charge in [-0.1, -0.05) is 4.89 Å². The minimum Gasteiger partial charge on any atom is -0.368 e. The summed E-state index contributed by atoms with van der Waals surface area (Å²) in [6.45, 7) is 0.984. The highest BCUT2D eigenvalue weighted by Crippen LogP contribution is 2.16. The van der Waals surface area contributed by atoms with Crippen molar-refractivity contribution < 1.29 is 18.0 Å². The minimum atomic E-state index is -3.90. The number of sulfonamides is 1. The molecule has 1 amide bonds. The van der Waals surface area contributed by atoms with E-state index in [-0.39, 0.29) is 4.90 Å². The lowest BCUT2D eigenvalue weighted by Crippen LogP contribution is -2.29. The second-order valence-electron chi connectivity index (χ2n) is 3.43. The molecule has 0 fully saturated rings. The van der Waals surface area contributed by atoms with Crippen molar-refractivity contribution in [3.05, 3.63) is 29.3 Å². The Morgan fingerprint density at radius 1 is 1.56 bits per heavy atom. The molecule has 0 saturated heterocycles. The van der Waals surface area contributed by atoms with Crippen molar-refractivity contribution in [2.24, 2.45) is 5.73 Å². The van der Waals surface area contributed by atoms with Gasteiger partial charge in [0.05, 0.1) is 16.5 Å². The van der Waals surface area contributed by atoms with Crippen LogP contribution in [0.2, 0.25) is 0 Å². The van der Waals surface area contributed by atoms with Crippen molar-refractivity contribution in [2.75, 3.05) is 6.61 Å². The summed E-state index contributed by atoms with van der Waals surface area (Å²) in [6.07, 6.45) is 0. The number of nitrogens with zero attached hydrogens (tertiary/aromatic N) is 1. The summed E-state index contributed by atoms with van der Waals surface area (Å²) in [5.41, 5.74) is 5.54. The summed E-state index contributed by atoms with van der Waals surface area (Å²) in [4.78, 5) is 16.6. The van der Waals surface area contributed by atoms with Crippen LogP contribution in [0.3, 0.4) is 0 Å². The van der Waals surface area contributed by atoms with Gasteiger partial charge in [0.2, 0.25) is 5.91 Å². The van der Waals surface area contributed by atoms with E-state index in [9.17, 15) is 13.2 Å². The van der Waals surface area contributed by atoms with Crippen molar-refractivity contribution in [1.29, 1.82) is 5.26 Å². The molecule has 3 N–H and O–H groups in total. The average Bonchev–Trinajstić information content (AvgIpc) is 2.27. The molecule has 0 bridgehead atoms. The van der Waals surface area contributed by atoms with Gasteiger partial charge in [0.15, 0.2) is 0 Å². The lowest BCUT2D eigenvalue weighted by Gasteiger charge is -2.08. The van der Waals surface area contributed by atoms with Crippen molar-refractivity contribution in [3.63, 3.8) is 0 Å². The van der Waals surface area contributed by atoms with Gasteiger partial charge >= 0.3 is 0 Å². The number of hydrogen-bond donors (Lipinski definition) is 2. The molecule has 7 nitrogen and oxygen atoms in total. The van der Waals surface area contributed by atoms with Crippen LogP contribution in [-0.4, -0.2) is 20.9 Å². The third kappa shape index (κ3) is 3.53. The topological polar surface area (TPSA) is 122 Å². The monoisotopic (exact) mass is 269 g/mol. The van der Waals surface area contributed by atoms with Crippen LogP contribution in [-0.2, 0) is 19.7 Å². The second-order valence-corrected chi connectivity index (χ2v) is 5.05. The third-order valence-electron chi connectivity index (χ3n) is 1.98. The number of hydrogen-bond acceptors (Lipinski definition) is 5. The lowest BCUT2D eigenvalue weighted by atomic mass is 10.2. The highest BCUT2D eigenvalue weighted by atomic mass is 32.2. The van der Waals surface area contributed by atoms with Crippen LogP contribution in [0.1, 0.15) is 11.1 Å². The van der Waals surface area contributed by atoms with Crippen LogP contribution >= 0.6 is 0 Å². The first-order chi connectivity index (χ1) is 8.36. The van der Waals surface area contributed by atoms with E-state index in [1.54, 1.807) is 11.8 Å². The molecule has 8 heteroatoms. The fourth-order valence-corrected chi connectivity index (χ4v) is 2.28. The fourth-order valence-electron chi connectivity index (χ4n) is 1.24. The number of amides is 1. The Morgan fingerprint density at radius 2 is 2.22 bits per heavy atom. The molecule has 0 atom stereocenters. The van der Waals surface area contributed by atoms with Crippen LogP contribution in [0.4, 0.5) is 0 Å². The van der Waals surface area contributed by atoms with Gasteiger partial charge in [0, 0.05) is 0 Å². The number of carbonyl (C=O) groups excluding carboxylic acids is 1. The zero-order chi connectivity index (χ0) is 13.8. The minimum absolute atomic E-state index is 0.0361. The Labute approximate surface area is 104 Å². The van der Waals surface area contributed by atoms with Crippen LogP contribution in [0.25, 0.3) is 0 Å². The summed E-state index contributed by atoms with van der Waals surface area (Å²) in [7, 11) is -3.90. The standard InChI is InChI=1S/C10H11N3O4S/c1-7-4-8(5-11)2-3-9(7)18(15,16)13-17-6-10(12)14/h2-4,13H,6H2,1H3,(H2,12,14). The van der Waals surface area contributed by atoms with E-state index in [4.69, 9.17) is 11.0 Å². The Balaban J connectivity index is 2.92. The maximum absolute atomic E-state index is 11.8. The molecule has 1 aromatic rings. The third-order valence-corrected chi connectivity index (χ3v) is 3.35. The second kappa shape index (κ2) is 5.59. The number of nitrogens with one attached hydrogen (secondary N) is 1. The number of rotatable bonds is 5. The molecule has 1 aromatic carbocycles. The summed E-state index contributed by atoms with van der Waals surface area (Å²) >= 11 is 0. The zero-order valence-electron chi connectivity index (χ0n) is 9.50. The van der Waals surface area contributed by atoms with Crippen molar-refractivity contribution in [3.8, 4) is 6.07 Å². The molecule has 0 unspecified atom stereocenters. The van der Waals surface area contributed by atoms with Crippen LogP contribution < -0.4 is 10.6 Å². The molecule has 0 aliphatic heterocycles. The SMILES string of the molecule is Cc1cc(C#N)ccc1S(=O)(=O)NOCC(N)=O. The Morgan fingerprint density at radius 3 is 2.72 bits per heavy atom.